The molecule has 1 unspecified atom stereocenters. The van der Waals surface area contributed by atoms with Crippen molar-refractivity contribution in [1.82, 2.24) is 15.0 Å². The second kappa shape index (κ2) is 4.68. The molecule has 0 aliphatic heterocycles. The summed E-state index contributed by atoms with van der Waals surface area (Å²) in [5.41, 5.74) is 3.21. The molecule has 0 fully saturated rings. The highest BCUT2D eigenvalue weighted by Gasteiger charge is 2.16. The SMILES string of the molecule is Cc1cc(-n2nnc3ccccc32)c(C(C)O)cc1F. The van der Waals surface area contributed by atoms with Gasteiger partial charge in [-0.3, -0.25) is 0 Å². The van der Waals surface area contributed by atoms with Crippen LogP contribution in [0, 0.1) is 12.7 Å². The minimum Gasteiger partial charge on any atom is -0.389 e. The number of nitrogens with zero attached hydrogens (tertiary/aromatic N) is 3. The molecule has 20 heavy (non-hydrogen) atoms. The van der Waals surface area contributed by atoms with E-state index in [0.29, 0.717) is 16.8 Å². The van der Waals surface area contributed by atoms with E-state index in [4.69, 9.17) is 0 Å². The molecule has 1 aromatic heterocycles. The van der Waals surface area contributed by atoms with Gasteiger partial charge in [-0.05, 0) is 43.7 Å². The smallest absolute Gasteiger partial charge is 0.126 e. The maximum absolute atomic E-state index is 13.7. The lowest BCUT2D eigenvalue weighted by atomic mass is 10.0. The normalized spacial score (nSPS) is 12.8. The Labute approximate surface area is 115 Å². The molecular formula is C15H14FN3O. The summed E-state index contributed by atoms with van der Waals surface area (Å²) in [5.74, 6) is -0.339. The number of fused-ring (bicyclic) bond motifs is 1. The Balaban J connectivity index is 2.31. The molecule has 102 valence electrons. The molecule has 1 atom stereocenters. The molecule has 3 aromatic rings. The van der Waals surface area contributed by atoms with E-state index < -0.39 is 6.10 Å². The Morgan fingerprint density at radius 1 is 1.25 bits per heavy atom. The molecule has 5 heteroatoms. The Bertz CT molecular complexity index is 780. The first kappa shape index (κ1) is 12.7. The Hall–Kier alpha value is -2.27. The van der Waals surface area contributed by atoms with E-state index in [1.807, 2.05) is 24.3 Å². The van der Waals surface area contributed by atoms with Crippen molar-refractivity contribution in [2.24, 2.45) is 0 Å². The topological polar surface area (TPSA) is 50.9 Å². The van der Waals surface area contributed by atoms with Gasteiger partial charge in [0.05, 0.1) is 17.3 Å². The first-order chi connectivity index (χ1) is 9.58. The highest BCUT2D eigenvalue weighted by atomic mass is 19.1. The van der Waals surface area contributed by atoms with Crippen LogP contribution in [0.4, 0.5) is 4.39 Å². The zero-order valence-electron chi connectivity index (χ0n) is 11.2. The van der Waals surface area contributed by atoms with Crippen LogP contribution in [0.3, 0.4) is 0 Å². The highest BCUT2D eigenvalue weighted by Crippen LogP contribution is 2.26. The van der Waals surface area contributed by atoms with Crippen molar-refractivity contribution < 1.29 is 9.50 Å². The fraction of sp³-hybridized carbons (Fsp3) is 0.200. The standard InChI is InChI=1S/C15H14FN3O/c1-9-7-15(11(10(2)20)8-12(9)16)19-14-6-4-3-5-13(14)17-18-19/h3-8,10,20H,1-2H3. The molecule has 0 aliphatic carbocycles. The van der Waals surface area contributed by atoms with Crippen molar-refractivity contribution >= 4 is 11.0 Å². The van der Waals surface area contributed by atoms with Crippen LogP contribution in [0.15, 0.2) is 36.4 Å². The second-order valence-corrected chi connectivity index (χ2v) is 4.83. The van der Waals surface area contributed by atoms with Gasteiger partial charge in [-0.1, -0.05) is 17.3 Å². The fourth-order valence-corrected chi connectivity index (χ4v) is 2.25. The van der Waals surface area contributed by atoms with Gasteiger partial charge in [-0.25, -0.2) is 9.07 Å². The van der Waals surface area contributed by atoms with E-state index in [1.54, 1.807) is 24.6 Å². The van der Waals surface area contributed by atoms with Crippen LogP contribution in [-0.2, 0) is 0 Å². The Kier molecular flexibility index (Phi) is 2.99. The molecule has 0 saturated heterocycles. The van der Waals surface area contributed by atoms with Crippen molar-refractivity contribution in [2.75, 3.05) is 0 Å². The molecule has 0 saturated carbocycles. The van der Waals surface area contributed by atoms with E-state index in [9.17, 15) is 9.50 Å². The average molecular weight is 271 g/mol. The maximum atomic E-state index is 13.7. The van der Waals surface area contributed by atoms with Crippen LogP contribution in [0.25, 0.3) is 16.7 Å². The van der Waals surface area contributed by atoms with Gasteiger partial charge in [0.15, 0.2) is 0 Å². The quantitative estimate of drug-likeness (QED) is 0.779. The lowest BCUT2D eigenvalue weighted by Crippen LogP contribution is -2.06. The van der Waals surface area contributed by atoms with E-state index in [0.717, 1.165) is 11.0 Å². The molecule has 1 heterocycles. The van der Waals surface area contributed by atoms with Crippen LogP contribution in [0.2, 0.25) is 0 Å². The van der Waals surface area contributed by atoms with E-state index >= 15 is 0 Å². The van der Waals surface area contributed by atoms with Crippen molar-refractivity contribution in [1.29, 1.82) is 0 Å². The number of halogens is 1. The van der Waals surface area contributed by atoms with Crippen LogP contribution >= 0.6 is 0 Å². The summed E-state index contributed by atoms with van der Waals surface area (Å²) < 4.78 is 15.3. The molecule has 2 aromatic carbocycles. The van der Waals surface area contributed by atoms with Crippen molar-refractivity contribution in [3.63, 3.8) is 0 Å². The second-order valence-electron chi connectivity index (χ2n) is 4.83. The number of hydrogen-bond acceptors (Lipinski definition) is 3. The number of benzene rings is 2. The molecule has 1 N–H and O–H groups in total. The van der Waals surface area contributed by atoms with Crippen LogP contribution < -0.4 is 0 Å². The third kappa shape index (κ3) is 1.96. The van der Waals surface area contributed by atoms with Gasteiger partial charge in [-0.2, -0.15) is 0 Å². The number of para-hydroxylation sites is 1. The zero-order valence-corrected chi connectivity index (χ0v) is 11.2. The van der Waals surface area contributed by atoms with E-state index in [-0.39, 0.29) is 5.82 Å². The molecule has 0 spiro atoms. The molecule has 0 bridgehead atoms. The van der Waals surface area contributed by atoms with Gasteiger partial charge >= 0.3 is 0 Å². The molecule has 0 radical (unpaired) electrons. The maximum Gasteiger partial charge on any atom is 0.126 e. The Morgan fingerprint density at radius 3 is 2.75 bits per heavy atom. The summed E-state index contributed by atoms with van der Waals surface area (Å²) in [5, 5.41) is 18.1. The number of aliphatic hydroxyl groups is 1. The van der Waals surface area contributed by atoms with Crippen molar-refractivity contribution in [3.8, 4) is 5.69 Å². The van der Waals surface area contributed by atoms with Crippen molar-refractivity contribution in [3.05, 3.63) is 53.3 Å². The molecular weight excluding hydrogens is 257 g/mol. The number of aryl methyl sites for hydroxylation is 1. The van der Waals surface area contributed by atoms with Gasteiger partial charge in [0.2, 0.25) is 0 Å². The lowest BCUT2D eigenvalue weighted by molar-refractivity contribution is 0.198. The van der Waals surface area contributed by atoms with Crippen LogP contribution in [0.5, 0.6) is 0 Å². The lowest BCUT2D eigenvalue weighted by Gasteiger charge is -2.14. The Morgan fingerprint density at radius 2 is 2.00 bits per heavy atom. The first-order valence-corrected chi connectivity index (χ1v) is 6.37. The number of rotatable bonds is 2. The van der Waals surface area contributed by atoms with Gasteiger partial charge in [0.25, 0.3) is 0 Å². The van der Waals surface area contributed by atoms with Gasteiger partial charge in [0, 0.05) is 5.56 Å². The summed E-state index contributed by atoms with van der Waals surface area (Å²) in [6, 6.07) is 10.6. The van der Waals surface area contributed by atoms with Gasteiger partial charge < -0.3 is 5.11 Å². The first-order valence-electron chi connectivity index (χ1n) is 6.37. The minimum absolute atomic E-state index is 0.339. The summed E-state index contributed by atoms with van der Waals surface area (Å²) in [6.07, 6.45) is -0.789. The molecule has 3 rings (SSSR count). The third-order valence-electron chi connectivity index (χ3n) is 3.34. The van der Waals surface area contributed by atoms with E-state index in [2.05, 4.69) is 10.3 Å². The predicted molar refractivity (Wildman–Crippen MR) is 74.2 cm³/mol. The van der Waals surface area contributed by atoms with Gasteiger partial charge in [0.1, 0.15) is 11.3 Å². The zero-order chi connectivity index (χ0) is 14.3. The average Bonchev–Trinajstić information content (AvgIpc) is 2.85. The number of aromatic nitrogens is 3. The number of hydrogen-bond donors (Lipinski definition) is 1. The van der Waals surface area contributed by atoms with Gasteiger partial charge in [-0.15, -0.1) is 5.10 Å². The number of aliphatic hydroxyl groups excluding tert-OH is 1. The summed E-state index contributed by atoms with van der Waals surface area (Å²) in [7, 11) is 0. The minimum atomic E-state index is -0.789. The van der Waals surface area contributed by atoms with Crippen LogP contribution in [-0.4, -0.2) is 20.1 Å². The molecule has 0 amide bonds. The summed E-state index contributed by atoms with van der Waals surface area (Å²) in [6.45, 7) is 3.29. The van der Waals surface area contributed by atoms with Crippen molar-refractivity contribution in [2.45, 2.75) is 20.0 Å². The monoisotopic (exact) mass is 271 g/mol. The highest BCUT2D eigenvalue weighted by molar-refractivity contribution is 5.76. The summed E-state index contributed by atoms with van der Waals surface area (Å²) >= 11 is 0. The predicted octanol–water partition coefficient (Wildman–Crippen LogP) is 2.92. The summed E-state index contributed by atoms with van der Waals surface area (Å²) in [4.78, 5) is 0. The largest absolute Gasteiger partial charge is 0.389 e. The van der Waals surface area contributed by atoms with E-state index in [1.165, 1.54) is 6.07 Å². The third-order valence-corrected chi connectivity index (χ3v) is 3.34. The fourth-order valence-electron chi connectivity index (χ4n) is 2.25. The molecule has 0 aliphatic rings. The molecule has 4 nitrogen and oxygen atoms in total. The van der Waals surface area contributed by atoms with Crippen LogP contribution in [0.1, 0.15) is 24.2 Å².